The SMILES string of the molecule is COCCc1ccc(Oc2ccccc2CCl)cc1. The van der Waals surface area contributed by atoms with Gasteiger partial charge < -0.3 is 9.47 Å². The van der Waals surface area contributed by atoms with Crippen LogP contribution in [0.25, 0.3) is 0 Å². The molecule has 0 amide bonds. The van der Waals surface area contributed by atoms with Gasteiger partial charge in [-0.25, -0.2) is 0 Å². The van der Waals surface area contributed by atoms with E-state index in [-0.39, 0.29) is 0 Å². The zero-order valence-electron chi connectivity index (χ0n) is 10.9. The normalized spacial score (nSPS) is 10.4. The molecule has 0 spiro atoms. The molecule has 0 heterocycles. The maximum Gasteiger partial charge on any atom is 0.131 e. The fourth-order valence-corrected chi connectivity index (χ4v) is 2.01. The highest BCUT2D eigenvalue weighted by molar-refractivity contribution is 6.17. The van der Waals surface area contributed by atoms with Gasteiger partial charge in [0.1, 0.15) is 11.5 Å². The number of alkyl halides is 1. The Morgan fingerprint density at radius 1 is 1.00 bits per heavy atom. The van der Waals surface area contributed by atoms with Gasteiger partial charge in [-0.3, -0.25) is 0 Å². The molecule has 0 saturated heterocycles. The van der Waals surface area contributed by atoms with Gasteiger partial charge in [0.2, 0.25) is 0 Å². The summed E-state index contributed by atoms with van der Waals surface area (Å²) in [6.07, 6.45) is 0.912. The molecule has 0 radical (unpaired) electrons. The summed E-state index contributed by atoms with van der Waals surface area (Å²) >= 11 is 5.89. The number of methoxy groups -OCH3 is 1. The lowest BCUT2D eigenvalue weighted by Crippen LogP contribution is -1.94. The number of ether oxygens (including phenoxy) is 2. The molecule has 19 heavy (non-hydrogen) atoms. The Bertz CT molecular complexity index is 508. The lowest BCUT2D eigenvalue weighted by molar-refractivity contribution is 0.202. The van der Waals surface area contributed by atoms with Crippen molar-refractivity contribution in [3.05, 3.63) is 59.7 Å². The number of hydrogen-bond donors (Lipinski definition) is 0. The van der Waals surface area contributed by atoms with E-state index in [0.29, 0.717) is 5.88 Å². The average Bonchev–Trinajstić information content (AvgIpc) is 2.47. The van der Waals surface area contributed by atoms with Gasteiger partial charge in [-0.1, -0.05) is 30.3 Å². The van der Waals surface area contributed by atoms with Crippen LogP contribution in [0.15, 0.2) is 48.5 Å². The van der Waals surface area contributed by atoms with E-state index in [1.165, 1.54) is 5.56 Å². The quantitative estimate of drug-likeness (QED) is 0.728. The Morgan fingerprint density at radius 3 is 2.42 bits per heavy atom. The topological polar surface area (TPSA) is 18.5 Å². The highest BCUT2D eigenvalue weighted by atomic mass is 35.5. The van der Waals surface area contributed by atoms with Crippen LogP contribution in [0.5, 0.6) is 11.5 Å². The van der Waals surface area contributed by atoms with Crippen molar-refractivity contribution in [2.75, 3.05) is 13.7 Å². The van der Waals surface area contributed by atoms with Crippen LogP contribution in [0.1, 0.15) is 11.1 Å². The molecule has 0 fully saturated rings. The monoisotopic (exact) mass is 276 g/mol. The lowest BCUT2D eigenvalue weighted by atomic mass is 10.1. The fourth-order valence-electron chi connectivity index (χ4n) is 1.78. The van der Waals surface area contributed by atoms with Crippen molar-refractivity contribution in [1.29, 1.82) is 0 Å². The van der Waals surface area contributed by atoms with Crippen LogP contribution >= 0.6 is 11.6 Å². The van der Waals surface area contributed by atoms with Crippen molar-refractivity contribution >= 4 is 11.6 Å². The standard InChI is InChI=1S/C16H17ClO2/c1-18-11-10-13-6-8-15(9-7-13)19-16-5-3-2-4-14(16)12-17/h2-9H,10-12H2,1H3. The predicted octanol–water partition coefficient (Wildman–Crippen LogP) is 4.41. The van der Waals surface area contributed by atoms with E-state index >= 15 is 0 Å². The van der Waals surface area contributed by atoms with E-state index in [4.69, 9.17) is 21.1 Å². The highest BCUT2D eigenvalue weighted by Crippen LogP contribution is 2.26. The van der Waals surface area contributed by atoms with Crippen LogP contribution in [0.2, 0.25) is 0 Å². The van der Waals surface area contributed by atoms with Crippen molar-refractivity contribution in [2.45, 2.75) is 12.3 Å². The van der Waals surface area contributed by atoms with Crippen LogP contribution in [-0.4, -0.2) is 13.7 Å². The molecule has 0 saturated carbocycles. The first-order valence-electron chi connectivity index (χ1n) is 6.23. The molecule has 0 aliphatic heterocycles. The second kappa shape index (κ2) is 7.17. The number of benzene rings is 2. The number of para-hydroxylation sites is 1. The first-order chi connectivity index (χ1) is 9.33. The minimum absolute atomic E-state index is 0.447. The summed E-state index contributed by atoms with van der Waals surface area (Å²) in [4.78, 5) is 0. The summed E-state index contributed by atoms with van der Waals surface area (Å²) in [7, 11) is 1.71. The average molecular weight is 277 g/mol. The molecule has 0 aliphatic rings. The highest BCUT2D eigenvalue weighted by Gasteiger charge is 2.03. The summed E-state index contributed by atoms with van der Waals surface area (Å²) in [5.41, 5.74) is 2.23. The summed E-state index contributed by atoms with van der Waals surface area (Å²) < 4.78 is 10.9. The molecule has 2 aromatic carbocycles. The van der Waals surface area contributed by atoms with Crippen molar-refractivity contribution < 1.29 is 9.47 Å². The van der Waals surface area contributed by atoms with E-state index in [0.717, 1.165) is 30.1 Å². The Morgan fingerprint density at radius 2 is 1.74 bits per heavy atom. The Labute approximate surface area is 118 Å². The zero-order chi connectivity index (χ0) is 13.5. The zero-order valence-corrected chi connectivity index (χ0v) is 11.7. The molecule has 0 N–H and O–H groups in total. The Hall–Kier alpha value is -1.51. The molecule has 0 aliphatic carbocycles. The largest absolute Gasteiger partial charge is 0.457 e. The van der Waals surface area contributed by atoms with Crippen LogP contribution in [-0.2, 0) is 17.0 Å². The molecule has 0 unspecified atom stereocenters. The molecular formula is C16H17ClO2. The lowest BCUT2D eigenvalue weighted by Gasteiger charge is -2.10. The van der Waals surface area contributed by atoms with E-state index in [9.17, 15) is 0 Å². The number of rotatable bonds is 6. The number of hydrogen-bond acceptors (Lipinski definition) is 2. The maximum absolute atomic E-state index is 5.89. The molecule has 0 bridgehead atoms. The fraction of sp³-hybridized carbons (Fsp3) is 0.250. The minimum Gasteiger partial charge on any atom is -0.457 e. The van der Waals surface area contributed by atoms with E-state index in [1.54, 1.807) is 7.11 Å². The molecular weight excluding hydrogens is 260 g/mol. The van der Waals surface area contributed by atoms with Gasteiger partial charge in [0, 0.05) is 12.7 Å². The van der Waals surface area contributed by atoms with Crippen LogP contribution in [0.3, 0.4) is 0 Å². The molecule has 2 rings (SSSR count). The van der Waals surface area contributed by atoms with E-state index < -0.39 is 0 Å². The number of halogens is 1. The molecule has 0 atom stereocenters. The second-order valence-corrected chi connectivity index (χ2v) is 4.50. The third-order valence-electron chi connectivity index (χ3n) is 2.86. The summed E-state index contributed by atoms with van der Waals surface area (Å²) in [5, 5.41) is 0. The predicted molar refractivity (Wildman–Crippen MR) is 78.1 cm³/mol. The van der Waals surface area contributed by atoms with Crippen LogP contribution < -0.4 is 4.74 Å². The first-order valence-corrected chi connectivity index (χ1v) is 6.76. The van der Waals surface area contributed by atoms with Gasteiger partial charge in [0.15, 0.2) is 0 Å². The third kappa shape index (κ3) is 3.98. The molecule has 0 aromatic heterocycles. The Balaban J connectivity index is 2.06. The molecule has 2 nitrogen and oxygen atoms in total. The van der Waals surface area contributed by atoms with Gasteiger partial charge in [-0.15, -0.1) is 11.6 Å². The van der Waals surface area contributed by atoms with Gasteiger partial charge >= 0.3 is 0 Å². The van der Waals surface area contributed by atoms with Crippen molar-refractivity contribution in [3.8, 4) is 11.5 Å². The minimum atomic E-state index is 0.447. The Kier molecular flexibility index (Phi) is 5.25. The van der Waals surface area contributed by atoms with Gasteiger partial charge in [-0.2, -0.15) is 0 Å². The molecule has 100 valence electrons. The van der Waals surface area contributed by atoms with Crippen molar-refractivity contribution in [3.63, 3.8) is 0 Å². The third-order valence-corrected chi connectivity index (χ3v) is 3.15. The van der Waals surface area contributed by atoms with Crippen molar-refractivity contribution in [2.24, 2.45) is 0 Å². The van der Waals surface area contributed by atoms with Gasteiger partial charge in [0.05, 0.1) is 12.5 Å². The van der Waals surface area contributed by atoms with Gasteiger partial charge in [-0.05, 0) is 30.2 Å². The smallest absolute Gasteiger partial charge is 0.131 e. The summed E-state index contributed by atoms with van der Waals surface area (Å²) in [6, 6.07) is 15.8. The molecule has 3 heteroatoms. The molecule has 2 aromatic rings. The van der Waals surface area contributed by atoms with Crippen LogP contribution in [0.4, 0.5) is 0 Å². The summed E-state index contributed by atoms with van der Waals surface area (Å²) in [5.74, 6) is 2.07. The van der Waals surface area contributed by atoms with E-state index in [1.807, 2.05) is 36.4 Å². The maximum atomic E-state index is 5.89. The van der Waals surface area contributed by atoms with Crippen LogP contribution in [0, 0.1) is 0 Å². The first kappa shape index (κ1) is 13.9. The van der Waals surface area contributed by atoms with Crippen molar-refractivity contribution in [1.82, 2.24) is 0 Å². The summed E-state index contributed by atoms with van der Waals surface area (Å²) in [6.45, 7) is 0.731. The second-order valence-electron chi connectivity index (χ2n) is 4.23. The van der Waals surface area contributed by atoms with E-state index in [2.05, 4.69) is 12.1 Å². The van der Waals surface area contributed by atoms with Gasteiger partial charge in [0.25, 0.3) is 0 Å².